The summed E-state index contributed by atoms with van der Waals surface area (Å²) in [7, 11) is 1.76. The van der Waals surface area contributed by atoms with Crippen LogP contribution in [0.4, 0.5) is 0 Å². The molecule has 9 heteroatoms. The molecule has 0 saturated carbocycles. The van der Waals surface area contributed by atoms with Gasteiger partial charge < -0.3 is 14.1 Å². The van der Waals surface area contributed by atoms with Crippen molar-refractivity contribution in [2.24, 2.45) is 0 Å². The molecule has 1 atom stereocenters. The number of rotatable bonds is 5. The summed E-state index contributed by atoms with van der Waals surface area (Å²) in [5.41, 5.74) is 0.888. The van der Waals surface area contributed by atoms with Gasteiger partial charge >= 0.3 is 0 Å². The predicted octanol–water partition coefficient (Wildman–Crippen LogP) is 2.72. The third-order valence-corrected chi connectivity index (χ3v) is 4.53. The number of hydrogen-bond acceptors (Lipinski definition) is 6. The predicted molar refractivity (Wildman–Crippen MR) is 97.1 cm³/mol. The molecule has 2 aromatic rings. The molecule has 7 nitrogen and oxygen atoms in total. The molecule has 0 bridgehead atoms. The summed E-state index contributed by atoms with van der Waals surface area (Å²) < 4.78 is 11.1. The Labute approximate surface area is 161 Å². The second kappa shape index (κ2) is 8.35. The van der Waals surface area contributed by atoms with E-state index in [1.165, 1.54) is 0 Å². The zero-order valence-electron chi connectivity index (χ0n) is 14.6. The highest BCUT2D eigenvalue weighted by Gasteiger charge is 2.28. The van der Waals surface area contributed by atoms with Gasteiger partial charge in [0.05, 0.1) is 13.2 Å². The van der Waals surface area contributed by atoms with Crippen molar-refractivity contribution >= 4 is 29.1 Å². The SMILES string of the molecule is Cc1nnc(C2CN(CC(=O)N(C)Cc3cc(Cl)cc(Cl)c3)CCO2)o1. The van der Waals surface area contributed by atoms with E-state index in [0.717, 1.165) is 5.56 Å². The fourth-order valence-corrected chi connectivity index (χ4v) is 3.39. The van der Waals surface area contributed by atoms with Gasteiger partial charge in [-0.3, -0.25) is 9.69 Å². The minimum absolute atomic E-state index is 0.00320. The first-order valence-electron chi connectivity index (χ1n) is 8.23. The van der Waals surface area contributed by atoms with Gasteiger partial charge in [0.25, 0.3) is 0 Å². The summed E-state index contributed by atoms with van der Waals surface area (Å²) >= 11 is 12.0. The van der Waals surface area contributed by atoms with Crippen molar-refractivity contribution in [2.75, 3.05) is 33.3 Å². The van der Waals surface area contributed by atoms with Crippen molar-refractivity contribution in [3.63, 3.8) is 0 Å². The molecular weight excluding hydrogens is 379 g/mol. The Bertz CT molecular complexity index is 763. The molecule has 140 valence electrons. The van der Waals surface area contributed by atoms with Gasteiger partial charge in [0.15, 0.2) is 0 Å². The van der Waals surface area contributed by atoms with Crippen LogP contribution in [0.1, 0.15) is 23.4 Å². The minimum Gasteiger partial charge on any atom is -0.423 e. The van der Waals surface area contributed by atoms with Crippen molar-refractivity contribution in [3.05, 3.63) is 45.6 Å². The van der Waals surface area contributed by atoms with E-state index in [4.69, 9.17) is 32.4 Å². The van der Waals surface area contributed by atoms with Crippen molar-refractivity contribution < 1.29 is 13.9 Å². The van der Waals surface area contributed by atoms with Gasteiger partial charge in [-0.15, -0.1) is 10.2 Å². The summed E-state index contributed by atoms with van der Waals surface area (Å²) in [6.45, 7) is 4.18. The molecule has 1 saturated heterocycles. The molecule has 2 heterocycles. The molecule has 1 unspecified atom stereocenters. The number of carbonyl (C=O) groups excluding carboxylic acids is 1. The van der Waals surface area contributed by atoms with E-state index in [1.807, 2.05) is 4.90 Å². The lowest BCUT2D eigenvalue weighted by Gasteiger charge is -2.31. The maximum absolute atomic E-state index is 12.6. The van der Waals surface area contributed by atoms with Crippen LogP contribution < -0.4 is 0 Å². The number of aromatic nitrogens is 2. The number of hydrogen-bond donors (Lipinski definition) is 0. The molecule has 0 N–H and O–H groups in total. The summed E-state index contributed by atoms with van der Waals surface area (Å²) in [5, 5.41) is 8.94. The summed E-state index contributed by atoms with van der Waals surface area (Å²) in [6, 6.07) is 5.28. The van der Waals surface area contributed by atoms with Crippen LogP contribution in [-0.4, -0.2) is 59.2 Å². The molecule has 1 fully saturated rings. The lowest BCUT2D eigenvalue weighted by molar-refractivity contribution is -0.134. The molecule has 1 amide bonds. The molecule has 0 aliphatic carbocycles. The third kappa shape index (κ3) is 4.94. The Morgan fingerprint density at radius 2 is 2.04 bits per heavy atom. The zero-order valence-corrected chi connectivity index (χ0v) is 16.1. The number of halogens is 2. The number of morpholine rings is 1. The van der Waals surface area contributed by atoms with Crippen molar-refractivity contribution in [3.8, 4) is 0 Å². The van der Waals surface area contributed by atoms with Gasteiger partial charge in [0, 0.05) is 43.7 Å². The van der Waals surface area contributed by atoms with Crippen LogP contribution in [0.25, 0.3) is 0 Å². The van der Waals surface area contributed by atoms with Crippen molar-refractivity contribution in [1.29, 1.82) is 0 Å². The number of ether oxygens (including phenoxy) is 1. The van der Waals surface area contributed by atoms with Crippen LogP contribution in [0.3, 0.4) is 0 Å². The van der Waals surface area contributed by atoms with Crippen LogP contribution in [0.15, 0.2) is 22.6 Å². The van der Waals surface area contributed by atoms with Gasteiger partial charge in [0.1, 0.15) is 6.10 Å². The number of amides is 1. The third-order valence-electron chi connectivity index (χ3n) is 4.09. The number of likely N-dealkylation sites (N-methyl/N-ethyl adjacent to an activating group) is 1. The van der Waals surface area contributed by atoms with E-state index in [2.05, 4.69) is 10.2 Å². The number of aryl methyl sites for hydroxylation is 1. The van der Waals surface area contributed by atoms with Crippen LogP contribution in [0, 0.1) is 6.92 Å². The molecule has 3 rings (SSSR count). The van der Waals surface area contributed by atoms with Gasteiger partial charge in [0.2, 0.25) is 17.7 Å². The first-order chi connectivity index (χ1) is 12.4. The Morgan fingerprint density at radius 1 is 1.31 bits per heavy atom. The average molecular weight is 399 g/mol. The highest BCUT2D eigenvalue weighted by Crippen LogP contribution is 2.22. The largest absolute Gasteiger partial charge is 0.423 e. The maximum atomic E-state index is 12.6. The van der Waals surface area contributed by atoms with Crippen LogP contribution in [0.5, 0.6) is 0 Å². The van der Waals surface area contributed by atoms with Crippen LogP contribution >= 0.6 is 23.2 Å². The molecule has 1 aromatic heterocycles. The average Bonchev–Trinajstić information content (AvgIpc) is 3.00. The lowest BCUT2D eigenvalue weighted by Crippen LogP contribution is -2.44. The van der Waals surface area contributed by atoms with E-state index in [-0.39, 0.29) is 18.6 Å². The zero-order chi connectivity index (χ0) is 18.7. The molecule has 0 radical (unpaired) electrons. The van der Waals surface area contributed by atoms with Crippen molar-refractivity contribution in [2.45, 2.75) is 19.6 Å². The quantitative estimate of drug-likeness (QED) is 0.770. The van der Waals surface area contributed by atoms with Gasteiger partial charge in [-0.25, -0.2) is 0 Å². The first-order valence-corrected chi connectivity index (χ1v) is 8.99. The lowest BCUT2D eigenvalue weighted by atomic mass is 10.2. The van der Waals surface area contributed by atoms with Gasteiger partial charge in [-0.2, -0.15) is 0 Å². The normalized spacial score (nSPS) is 18.1. The van der Waals surface area contributed by atoms with Crippen molar-refractivity contribution in [1.82, 2.24) is 20.0 Å². The minimum atomic E-state index is -0.310. The Balaban J connectivity index is 1.56. The molecular formula is C17H20Cl2N4O3. The monoisotopic (exact) mass is 398 g/mol. The first kappa shape index (κ1) is 19.1. The summed E-state index contributed by atoms with van der Waals surface area (Å²) in [5.74, 6) is 0.946. The standard InChI is InChI=1S/C17H20Cl2N4O3/c1-11-20-21-17(26-11)15-9-23(3-4-25-15)10-16(24)22(2)8-12-5-13(18)7-14(19)6-12/h5-7,15H,3-4,8-10H2,1-2H3. The summed E-state index contributed by atoms with van der Waals surface area (Å²) in [4.78, 5) is 16.2. The number of carbonyl (C=O) groups is 1. The Kier molecular flexibility index (Phi) is 6.13. The number of benzene rings is 1. The second-order valence-electron chi connectivity index (χ2n) is 6.28. The van der Waals surface area contributed by atoms with Crippen LogP contribution in [-0.2, 0) is 16.1 Å². The summed E-state index contributed by atoms with van der Waals surface area (Å²) in [6.07, 6.45) is -0.310. The number of nitrogens with zero attached hydrogens (tertiary/aromatic N) is 4. The van der Waals surface area contributed by atoms with E-state index in [9.17, 15) is 4.79 Å². The Morgan fingerprint density at radius 3 is 2.69 bits per heavy atom. The Hall–Kier alpha value is -1.67. The fourth-order valence-electron chi connectivity index (χ4n) is 2.81. The molecule has 1 aromatic carbocycles. The second-order valence-corrected chi connectivity index (χ2v) is 7.15. The van der Waals surface area contributed by atoms with Gasteiger partial charge in [-0.1, -0.05) is 23.2 Å². The van der Waals surface area contributed by atoms with E-state index in [1.54, 1.807) is 37.1 Å². The molecule has 26 heavy (non-hydrogen) atoms. The molecule has 0 spiro atoms. The van der Waals surface area contributed by atoms with Gasteiger partial charge in [-0.05, 0) is 23.8 Å². The van der Waals surface area contributed by atoms with E-state index in [0.29, 0.717) is 48.1 Å². The van der Waals surface area contributed by atoms with Crippen LogP contribution in [0.2, 0.25) is 10.0 Å². The smallest absolute Gasteiger partial charge is 0.246 e. The highest BCUT2D eigenvalue weighted by molar-refractivity contribution is 6.34. The topological polar surface area (TPSA) is 71.7 Å². The fraction of sp³-hybridized carbons (Fsp3) is 0.471. The van der Waals surface area contributed by atoms with E-state index < -0.39 is 0 Å². The maximum Gasteiger partial charge on any atom is 0.246 e. The molecule has 1 aliphatic heterocycles. The molecule has 1 aliphatic rings. The highest BCUT2D eigenvalue weighted by atomic mass is 35.5. The van der Waals surface area contributed by atoms with E-state index >= 15 is 0 Å².